The van der Waals surface area contributed by atoms with Gasteiger partial charge in [0.05, 0.1) is 12.7 Å². The Morgan fingerprint density at radius 1 is 1.40 bits per heavy atom. The molecule has 1 heterocycles. The fourth-order valence-corrected chi connectivity index (χ4v) is 1.66. The van der Waals surface area contributed by atoms with Gasteiger partial charge in [-0.1, -0.05) is 18.2 Å². The number of aryl methyl sites for hydroxylation is 1. The lowest BCUT2D eigenvalue weighted by Gasteiger charge is -2.28. The predicted octanol–water partition coefficient (Wildman–Crippen LogP) is 1.52. The Kier molecular flexibility index (Phi) is 3.23. The largest absolute Gasteiger partial charge is 0.485 e. The molecular formula is C12H16O3. The van der Waals surface area contributed by atoms with Crippen molar-refractivity contribution in [2.45, 2.75) is 25.6 Å². The van der Waals surface area contributed by atoms with Crippen LogP contribution in [0.1, 0.15) is 12.0 Å². The third-order valence-electron chi connectivity index (χ3n) is 2.64. The molecule has 1 aromatic rings. The van der Waals surface area contributed by atoms with Crippen LogP contribution in [0.5, 0.6) is 5.75 Å². The van der Waals surface area contributed by atoms with Gasteiger partial charge in [-0.15, -0.1) is 0 Å². The molecule has 1 aliphatic heterocycles. The average molecular weight is 208 g/mol. The van der Waals surface area contributed by atoms with Crippen LogP contribution in [0, 0.1) is 6.92 Å². The molecular weight excluding hydrogens is 192 g/mol. The molecule has 0 amide bonds. The summed E-state index contributed by atoms with van der Waals surface area (Å²) in [5.74, 6) is 0.826. The first-order valence-corrected chi connectivity index (χ1v) is 5.25. The monoisotopic (exact) mass is 208 g/mol. The minimum Gasteiger partial charge on any atom is -0.485 e. The number of ether oxygens (including phenoxy) is 2. The van der Waals surface area contributed by atoms with Crippen LogP contribution in [0.2, 0.25) is 0 Å². The van der Waals surface area contributed by atoms with Gasteiger partial charge in [-0.2, -0.15) is 0 Å². The van der Waals surface area contributed by atoms with E-state index in [4.69, 9.17) is 9.47 Å². The van der Waals surface area contributed by atoms with Gasteiger partial charge in [0.2, 0.25) is 0 Å². The molecule has 1 saturated heterocycles. The Hall–Kier alpha value is -1.06. The maximum absolute atomic E-state index is 9.72. The quantitative estimate of drug-likeness (QED) is 0.801. The molecule has 3 heteroatoms. The number of rotatable bonds is 2. The highest BCUT2D eigenvalue weighted by Crippen LogP contribution is 2.21. The van der Waals surface area contributed by atoms with Crippen LogP contribution in [0.25, 0.3) is 0 Å². The Labute approximate surface area is 89.6 Å². The number of aliphatic hydroxyl groups is 1. The highest BCUT2D eigenvalue weighted by Gasteiger charge is 2.25. The summed E-state index contributed by atoms with van der Waals surface area (Å²) in [6.07, 6.45) is -0.00509. The fourth-order valence-electron chi connectivity index (χ4n) is 1.66. The summed E-state index contributed by atoms with van der Waals surface area (Å²) in [6.45, 7) is 3.08. The van der Waals surface area contributed by atoms with Crippen molar-refractivity contribution >= 4 is 0 Å². The van der Waals surface area contributed by atoms with E-state index in [2.05, 4.69) is 0 Å². The predicted molar refractivity (Wildman–Crippen MR) is 57.0 cm³/mol. The Morgan fingerprint density at radius 3 is 2.93 bits per heavy atom. The molecule has 82 valence electrons. The Balaban J connectivity index is 2.04. The molecule has 0 spiro atoms. The van der Waals surface area contributed by atoms with E-state index in [1.54, 1.807) is 0 Å². The molecule has 2 unspecified atom stereocenters. The summed E-state index contributed by atoms with van der Waals surface area (Å²) in [5.41, 5.74) is 1.08. The van der Waals surface area contributed by atoms with Gasteiger partial charge in [-0.3, -0.25) is 0 Å². The van der Waals surface area contributed by atoms with E-state index in [0.29, 0.717) is 19.6 Å². The zero-order valence-electron chi connectivity index (χ0n) is 8.85. The van der Waals surface area contributed by atoms with Crippen molar-refractivity contribution in [1.29, 1.82) is 0 Å². The topological polar surface area (TPSA) is 38.7 Å². The average Bonchev–Trinajstić information content (AvgIpc) is 2.24. The lowest BCUT2D eigenvalue weighted by Crippen LogP contribution is -2.41. The summed E-state index contributed by atoms with van der Waals surface area (Å²) in [4.78, 5) is 0. The number of benzene rings is 1. The number of hydrogen-bond acceptors (Lipinski definition) is 3. The summed E-state index contributed by atoms with van der Waals surface area (Å²) in [7, 11) is 0. The third kappa shape index (κ3) is 2.49. The molecule has 0 saturated carbocycles. The van der Waals surface area contributed by atoms with Gasteiger partial charge >= 0.3 is 0 Å². The molecule has 0 aliphatic carbocycles. The normalized spacial score (nSPS) is 26.3. The van der Waals surface area contributed by atoms with Crippen LogP contribution in [-0.2, 0) is 4.74 Å². The van der Waals surface area contributed by atoms with Crippen LogP contribution in [0.4, 0.5) is 0 Å². The smallest absolute Gasteiger partial charge is 0.148 e. The van der Waals surface area contributed by atoms with Crippen molar-refractivity contribution < 1.29 is 14.6 Å². The van der Waals surface area contributed by atoms with Crippen molar-refractivity contribution in [2.75, 3.05) is 13.2 Å². The molecule has 2 rings (SSSR count). The van der Waals surface area contributed by atoms with Crippen LogP contribution < -0.4 is 4.74 Å². The number of hydrogen-bond donors (Lipinski definition) is 1. The zero-order valence-corrected chi connectivity index (χ0v) is 8.85. The van der Waals surface area contributed by atoms with Gasteiger partial charge < -0.3 is 14.6 Å². The summed E-state index contributed by atoms with van der Waals surface area (Å²) in [5, 5.41) is 9.72. The van der Waals surface area contributed by atoms with Gasteiger partial charge in [-0.05, 0) is 18.6 Å². The van der Waals surface area contributed by atoms with E-state index < -0.39 is 6.10 Å². The molecule has 15 heavy (non-hydrogen) atoms. The van der Waals surface area contributed by atoms with Crippen molar-refractivity contribution in [3.8, 4) is 5.75 Å². The molecule has 1 N–H and O–H groups in total. The van der Waals surface area contributed by atoms with E-state index in [9.17, 15) is 5.11 Å². The fraction of sp³-hybridized carbons (Fsp3) is 0.500. The van der Waals surface area contributed by atoms with E-state index in [1.807, 2.05) is 31.2 Å². The standard InChI is InChI=1S/C12H16O3/c1-9-4-2-3-5-11(9)15-12-8-14-7-6-10(12)13/h2-5,10,12-13H,6-8H2,1H3. The van der Waals surface area contributed by atoms with E-state index >= 15 is 0 Å². The zero-order chi connectivity index (χ0) is 10.7. The summed E-state index contributed by atoms with van der Waals surface area (Å²) < 4.78 is 11.0. The number of aliphatic hydroxyl groups excluding tert-OH is 1. The van der Waals surface area contributed by atoms with Gasteiger partial charge in [0, 0.05) is 13.0 Å². The van der Waals surface area contributed by atoms with Crippen LogP contribution >= 0.6 is 0 Å². The second-order valence-electron chi connectivity index (χ2n) is 3.85. The van der Waals surface area contributed by atoms with Crippen molar-refractivity contribution in [2.24, 2.45) is 0 Å². The first kappa shape index (κ1) is 10.5. The van der Waals surface area contributed by atoms with E-state index in [1.165, 1.54) is 0 Å². The molecule has 0 bridgehead atoms. The van der Waals surface area contributed by atoms with Gasteiger partial charge in [0.15, 0.2) is 0 Å². The molecule has 1 fully saturated rings. The highest BCUT2D eigenvalue weighted by atomic mass is 16.5. The molecule has 1 aliphatic rings. The Morgan fingerprint density at radius 2 is 2.20 bits per heavy atom. The second-order valence-corrected chi connectivity index (χ2v) is 3.85. The van der Waals surface area contributed by atoms with Crippen LogP contribution in [0.3, 0.4) is 0 Å². The highest BCUT2D eigenvalue weighted by molar-refractivity contribution is 5.32. The molecule has 0 aromatic heterocycles. The lowest BCUT2D eigenvalue weighted by molar-refractivity contribution is -0.0737. The summed E-state index contributed by atoms with van der Waals surface area (Å²) in [6, 6.07) is 7.80. The van der Waals surface area contributed by atoms with E-state index in [-0.39, 0.29) is 6.10 Å². The summed E-state index contributed by atoms with van der Waals surface area (Å²) >= 11 is 0. The maximum atomic E-state index is 9.72. The first-order valence-electron chi connectivity index (χ1n) is 5.25. The molecule has 0 radical (unpaired) electrons. The second kappa shape index (κ2) is 4.64. The molecule has 1 aromatic carbocycles. The van der Waals surface area contributed by atoms with Crippen molar-refractivity contribution in [3.63, 3.8) is 0 Å². The van der Waals surface area contributed by atoms with Gasteiger partial charge in [0.25, 0.3) is 0 Å². The van der Waals surface area contributed by atoms with Crippen molar-refractivity contribution in [3.05, 3.63) is 29.8 Å². The van der Waals surface area contributed by atoms with Gasteiger partial charge in [-0.25, -0.2) is 0 Å². The third-order valence-corrected chi connectivity index (χ3v) is 2.64. The van der Waals surface area contributed by atoms with E-state index in [0.717, 1.165) is 11.3 Å². The van der Waals surface area contributed by atoms with Crippen molar-refractivity contribution in [1.82, 2.24) is 0 Å². The van der Waals surface area contributed by atoms with Crippen LogP contribution in [0.15, 0.2) is 24.3 Å². The number of para-hydroxylation sites is 1. The first-order chi connectivity index (χ1) is 7.27. The lowest BCUT2D eigenvalue weighted by atomic mass is 10.1. The Bertz CT molecular complexity index is 324. The molecule has 3 nitrogen and oxygen atoms in total. The molecule has 2 atom stereocenters. The minimum atomic E-state index is -0.418. The van der Waals surface area contributed by atoms with Gasteiger partial charge in [0.1, 0.15) is 11.9 Å². The SMILES string of the molecule is Cc1ccccc1OC1COCCC1O. The van der Waals surface area contributed by atoms with Crippen LogP contribution in [-0.4, -0.2) is 30.5 Å². The maximum Gasteiger partial charge on any atom is 0.148 e. The minimum absolute atomic E-state index is 0.236.